The van der Waals surface area contributed by atoms with E-state index in [2.05, 4.69) is 31.2 Å². The molecule has 0 radical (unpaired) electrons. The highest BCUT2D eigenvalue weighted by molar-refractivity contribution is 5.97. The molecule has 0 N–H and O–H groups in total. The van der Waals surface area contributed by atoms with Gasteiger partial charge in [-0.2, -0.15) is 8.78 Å². The maximum atomic E-state index is 12.9. The normalized spacial score (nSPS) is 15.2. The van der Waals surface area contributed by atoms with Gasteiger partial charge in [0.1, 0.15) is 11.4 Å². The summed E-state index contributed by atoms with van der Waals surface area (Å²) < 4.78 is 31.9. The summed E-state index contributed by atoms with van der Waals surface area (Å²) in [7, 11) is 0. The van der Waals surface area contributed by atoms with E-state index in [0.717, 1.165) is 23.6 Å². The predicted molar refractivity (Wildman–Crippen MR) is 109 cm³/mol. The molecule has 4 rings (SSSR count). The summed E-state index contributed by atoms with van der Waals surface area (Å²) in [5.41, 5.74) is 4.41. The average Bonchev–Trinajstić information content (AvgIpc) is 3.02. The number of pyridine rings is 1. The third kappa shape index (κ3) is 4.14. The highest BCUT2D eigenvalue weighted by atomic mass is 19.3. The Morgan fingerprint density at radius 2 is 1.87 bits per heavy atom. The molecule has 1 aliphatic heterocycles. The molecular formula is C22H24F2N4O2. The maximum Gasteiger partial charge on any atom is 0.387 e. The summed E-state index contributed by atoms with van der Waals surface area (Å²) >= 11 is 0. The van der Waals surface area contributed by atoms with E-state index in [0.29, 0.717) is 26.2 Å². The van der Waals surface area contributed by atoms with E-state index in [-0.39, 0.29) is 17.2 Å². The third-order valence-electron chi connectivity index (χ3n) is 5.45. The van der Waals surface area contributed by atoms with Crippen molar-refractivity contribution in [1.82, 2.24) is 19.2 Å². The van der Waals surface area contributed by atoms with Crippen molar-refractivity contribution >= 4 is 11.6 Å². The van der Waals surface area contributed by atoms with Crippen LogP contribution in [-0.2, 0) is 6.54 Å². The standard InChI is InChI=1S/C22H24F2N4O2/c1-15-7-8-28-18(16(2)25-20(28)13-15)14-26-9-11-27(12-10-26)21(29)17-5-3-4-6-19(17)30-22(23)24/h3-8,13,22H,9-12,14H2,1-2H3. The molecule has 6 nitrogen and oxygen atoms in total. The van der Waals surface area contributed by atoms with Gasteiger partial charge in [-0.05, 0) is 43.7 Å². The number of fused-ring (bicyclic) bond motifs is 1. The van der Waals surface area contributed by atoms with Crippen molar-refractivity contribution in [3.8, 4) is 5.75 Å². The summed E-state index contributed by atoms with van der Waals surface area (Å²) in [6.45, 7) is 4.27. The van der Waals surface area contributed by atoms with Gasteiger partial charge in [0.2, 0.25) is 0 Å². The van der Waals surface area contributed by atoms with Crippen LogP contribution in [0.15, 0.2) is 42.6 Å². The molecule has 1 saturated heterocycles. The lowest BCUT2D eigenvalue weighted by Gasteiger charge is -2.35. The lowest BCUT2D eigenvalue weighted by Crippen LogP contribution is -2.48. The molecule has 1 fully saturated rings. The molecule has 0 aliphatic carbocycles. The monoisotopic (exact) mass is 414 g/mol. The minimum Gasteiger partial charge on any atom is -0.434 e. The number of halogens is 2. The number of hydrogen-bond acceptors (Lipinski definition) is 4. The quantitative estimate of drug-likeness (QED) is 0.641. The number of piperazine rings is 1. The number of rotatable bonds is 5. The number of hydrogen-bond donors (Lipinski definition) is 0. The SMILES string of the molecule is Cc1ccn2c(CN3CCN(C(=O)c4ccccc4OC(F)F)CC3)c(C)nc2c1. The zero-order valence-corrected chi connectivity index (χ0v) is 17.0. The van der Waals surface area contributed by atoms with Gasteiger partial charge in [0, 0.05) is 38.9 Å². The van der Waals surface area contributed by atoms with Crippen LogP contribution in [0.5, 0.6) is 5.75 Å². The zero-order valence-electron chi connectivity index (χ0n) is 17.0. The molecule has 30 heavy (non-hydrogen) atoms. The highest BCUT2D eigenvalue weighted by Crippen LogP contribution is 2.23. The fourth-order valence-corrected chi connectivity index (χ4v) is 3.84. The molecule has 1 amide bonds. The van der Waals surface area contributed by atoms with E-state index in [1.165, 1.54) is 17.7 Å². The number of imidazole rings is 1. The zero-order chi connectivity index (χ0) is 21.3. The molecule has 0 spiro atoms. The molecule has 1 aromatic carbocycles. The molecule has 8 heteroatoms. The first-order chi connectivity index (χ1) is 14.4. The number of amides is 1. The fraction of sp³-hybridized carbons (Fsp3) is 0.364. The number of carbonyl (C=O) groups is 1. The van der Waals surface area contributed by atoms with E-state index in [1.54, 1.807) is 17.0 Å². The van der Waals surface area contributed by atoms with Crippen molar-refractivity contribution in [3.05, 3.63) is 65.1 Å². The first-order valence-corrected chi connectivity index (χ1v) is 9.92. The van der Waals surface area contributed by atoms with Crippen LogP contribution in [0.2, 0.25) is 0 Å². The van der Waals surface area contributed by atoms with Crippen LogP contribution >= 0.6 is 0 Å². The van der Waals surface area contributed by atoms with Crippen LogP contribution in [0.4, 0.5) is 8.78 Å². The Morgan fingerprint density at radius 1 is 1.13 bits per heavy atom. The van der Waals surface area contributed by atoms with Crippen molar-refractivity contribution in [2.75, 3.05) is 26.2 Å². The second-order valence-electron chi connectivity index (χ2n) is 7.52. The molecule has 0 atom stereocenters. The smallest absolute Gasteiger partial charge is 0.387 e. The van der Waals surface area contributed by atoms with Gasteiger partial charge in [0.05, 0.1) is 17.0 Å². The van der Waals surface area contributed by atoms with E-state index in [4.69, 9.17) is 0 Å². The number of benzene rings is 1. The minimum absolute atomic E-state index is 0.0865. The van der Waals surface area contributed by atoms with Crippen molar-refractivity contribution < 1.29 is 18.3 Å². The second-order valence-corrected chi connectivity index (χ2v) is 7.52. The lowest BCUT2D eigenvalue weighted by atomic mass is 10.1. The van der Waals surface area contributed by atoms with Gasteiger partial charge < -0.3 is 14.0 Å². The van der Waals surface area contributed by atoms with Crippen LogP contribution in [0.1, 0.15) is 27.3 Å². The molecule has 0 saturated carbocycles. The summed E-state index contributed by atoms with van der Waals surface area (Å²) in [4.78, 5) is 21.5. The molecule has 0 unspecified atom stereocenters. The molecule has 3 heterocycles. The van der Waals surface area contributed by atoms with Crippen molar-refractivity contribution in [2.45, 2.75) is 27.0 Å². The summed E-state index contributed by atoms with van der Waals surface area (Å²) in [5.74, 6) is -0.371. The lowest BCUT2D eigenvalue weighted by molar-refractivity contribution is -0.0503. The van der Waals surface area contributed by atoms with Crippen molar-refractivity contribution in [3.63, 3.8) is 0 Å². The molecule has 0 bridgehead atoms. The van der Waals surface area contributed by atoms with Crippen molar-refractivity contribution in [1.29, 1.82) is 0 Å². The van der Waals surface area contributed by atoms with Gasteiger partial charge in [-0.3, -0.25) is 9.69 Å². The first-order valence-electron chi connectivity index (χ1n) is 9.92. The van der Waals surface area contributed by atoms with E-state index >= 15 is 0 Å². The number of alkyl halides is 2. The Kier molecular flexibility index (Phi) is 5.67. The fourth-order valence-electron chi connectivity index (χ4n) is 3.84. The van der Waals surface area contributed by atoms with Gasteiger partial charge in [-0.15, -0.1) is 0 Å². The average molecular weight is 414 g/mol. The van der Waals surface area contributed by atoms with Crippen LogP contribution in [0.25, 0.3) is 5.65 Å². The van der Waals surface area contributed by atoms with Crippen LogP contribution < -0.4 is 4.74 Å². The Bertz CT molecular complexity index is 1060. The maximum absolute atomic E-state index is 12.9. The van der Waals surface area contributed by atoms with Crippen LogP contribution in [-0.4, -0.2) is 57.9 Å². The Labute approximate surface area is 173 Å². The molecular weight excluding hydrogens is 390 g/mol. The summed E-state index contributed by atoms with van der Waals surface area (Å²) in [6.07, 6.45) is 2.04. The number of aryl methyl sites for hydroxylation is 2. The summed E-state index contributed by atoms with van der Waals surface area (Å²) in [5, 5.41) is 0. The van der Waals surface area contributed by atoms with Gasteiger partial charge in [0.15, 0.2) is 0 Å². The number of para-hydroxylation sites is 1. The molecule has 3 aromatic rings. The Hall–Kier alpha value is -3.00. The predicted octanol–water partition coefficient (Wildman–Crippen LogP) is 3.51. The summed E-state index contributed by atoms with van der Waals surface area (Å²) in [6, 6.07) is 10.3. The van der Waals surface area contributed by atoms with Gasteiger partial charge in [0.25, 0.3) is 5.91 Å². The second kappa shape index (κ2) is 8.39. The third-order valence-corrected chi connectivity index (χ3v) is 5.45. The number of carbonyl (C=O) groups excluding carboxylic acids is 1. The minimum atomic E-state index is -2.96. The Morgan fingerprint density at radius 3 is 2.60 bits per heavy atom. The van der Waals surface area contributed by atoms with Crippen LogP contribution in [0.3, 0.4) is 0 Å². The molecule has 158 valence electrons. The number of ether oxygens (including phenoxy) is 1. The van der Waals surface area contributed by atoms with Gasteiger partial charge >= 0.3 is 6.61 Å². The van der Waals surface area contributed by atoms with E-state index in [9.17, 15) is 13.6 Å². The van der Waals surface area contributed by atoms with Gasteiger partial charge in [-0.25, -0.2) is 4.98 Å². The number of aromatic nitrogens is 2. The molecule has 2 aromatic heterocycles. The van der Waals surface area contributed by atoms with E-state index in [1.807, 2.05) is 20.0 Å². The first kappa shape index (κ1) is 20.3. The largest absolute Gasteiger partial charge is 0.434 e. The Balaban J connectivity index is 1.43. The number of nitrogens with zero attached hydrogens (tertiary/aromatic N) is 4. The van der Waals surface area contributed by atoms with E-state index < -0.39 is 6.61 Å². The topological polar surface area (TPSA) is 50.1 Å². The van der Waals surface area contributed by atoms with Crippen LogP contribution in [0, 0.1) is 13.8 Å². The molecule has 1 aliphatic rings. The van der Waals surface area contributed by atoms with Gasteiger partial charge in [-0.1, -0.05) is 12.1 Å². The highest BCUT2D eigenvalue weighted by Gasteiger charge is 2.26. The van der Waals surface area contributed by atoms with Crippen molar-refractivity contribution in [2.24, 2.45) is 0 Å².